The summed E-state index contributed by atoms with van der Waals surface area (Å²) in [6, 6.07) is 7.58. The van der Waals surface area contributed by atoms with Crippen LogP contribution in [0.5, 0.6) is 5.75 Å². The molecular weight excluding hydrogens is 266 g/mol. The summed E-state index contributed by atoms with van der Waals surface area (Å²) in [5, 5.41) is 1.79. The van der Waals surface area contributed by atoms with Crippen molar-refractivity contribution in [2.24, 2.45) is 0 Å². The molecule has 0 fully saturated rings. The Kier molecular flexibility index (Phi) is 4.66. The zero-order valence-electron chi connectivity index (χ0n) is 12.4. The van der Waals surface area contributed by atoms with Crippen LogP contribution >= 0.6 is 0 Å². The average Bonchev–Trinajstić information content (AvgIpc) is 2.52. The van der Waals surface area contributed by atoms with E-state index >= 15 is 0 Å². The second-order valence-electron chi connectivity index (χ2n) is 4.75. The Morgan fingerprint density at radius 3 is 2.62 bits per heavy atom. The minimum absolute atomic E-state index is 0.0773. The summed E-state index contributed by atoms with van der Waals surface area (Å²) in [4.78, 5) is 13.9. The first-order valence-electron chi connectivity index (χ1n) is 6.57. The topological polar surface area (TPSA) is 44.8 Å². The Hall–Kier alpha value is -2.69. The van der Waals surface area contributed by atoms with Gasteiger partial charge in [-0.15, -0.1) is 0 Å². The molecule has 0 bridgehead atoms. The smallest absolute Gasteiger partial charge is 0.204 e. The van der Waals surface area contributed by atoms with E-state index in [1.807, 2.05) is 55.5 Å². The second-order valence-corrected chi connectivity index (χ2v) is 4.75. The molecule has 1 aromatic carbocycles. The van der Waals surface area contributed by atoms with Crippen molar-refractivity contribution >= 4 is 11.5 Å². The van der Waals surface area contributed by atoms with Crippen LogP contribution in [0.1, 0.15) is 0 Å². The lowest BCUT2D eigenvalue weighted by molar-refractivity contribution is -0.111. The van der Waals surface area contributed by atoms with Crippen LogP contribution in [0.15, 0.2) is 60.6 Å². The summed E-state index contributed by atoms with van der Waals surface area (Å²) in [6.07, 6.45) is 8.69. The molecule has 1 aromatic rings. The van der Waals surface area contributed by atoms with Crippen LogP contribution in [-0.2, 0) is 4.79 Å². The third-order valence-electron chi connectivity index (χ3n) is 2.88. The molecule has 0 amide bonds. The molecule has 0 saturated heterocycles. The first-order valence-corrected chi connectivity index (χ1v) is 6.57. The predicted molar refractivity (Wildman–Crippen MR) is 83.7 cm³/mol. The molecule has 110 valence electrons. The average molecular weight is 285 g/mol. The van der Waals surface area contributed by atoms with E-state index in [0.29, 0.717) is 5.70 Å². The van der Waals surface area contributed by atoms with Crippen LogP contribution in [-0.4, -0.2) is 31.9 Å². The fourth-order valence-electron chi connectivity index (χ4n) is 1.77. The molecule has 1 heterocycles. The van der Waals surface area contributed by atoms with Crippen molar-refractivity contribution < 1.29 is 9.53 Å². The highest BCUT2D eigenvalue weighted by atomic mass is 16.5. The molecule has 2 rings (SSSR count). The van der Waals surface area contributed by atoms with Gasteiger partial charge in [-0.05, 0) is 36.4 Å². The van der Waals surface area contributed by atoms with E-state index in [1.165, 1.54) is 6.08 Å². The number of hydrazine groups is 1. The number of ketones is 1. The number of allylic oxidation sites excluding steroid dienone is 3. The summed E-state index contributed by atoms with van der Waals surface area (Å²) < 4.78 is 5.13. The van der Waals surface area contributed by atoms with Gasteiger partial charge >= 0.3 is 0 Å². The van der Waals surface area contributed by atoms with Gasteiger partial charge in [0.25, 0.3) is 0 Å². The molecule has 0 saturated carbocycles. The molecule has 0 atom stereocenters. The summed E-state index contributed by atoms with van der Waals surface area (Å²) >= 11 is 0. The number of nitrogens with zero attached hydrogens (tertiary/aromatic N) is 2. The molecule has 21 heavy (non-hydrogen) atoms. The number of anilines is 1. The van der Waals surface area contributed by atoms with E-state index in [2.05, 4.69) is 5.43 Å². The van der Waals surface area contributed by atoms with Crippen molar-refractivity contribution in [1.82, 2.24) is 10.3 Å². The lowest BCUT2D eigenvalue weighted by Crippen LogP contribution is -2.37. The van der Waals surface area contributed by atoms with Gasteiger partial charge in [-0.1, -0.05) is 0 Å². The molecular formula is C16H19N3O2. The number of hydrogen-bond acceptors (Lipinski definition) is 5. The van der Waals surface area contributed by atoms with Crippen molar-refractivity contribution in [2.75, 3.05) is 26.2 Å². The van der Waals surface area contributed by atoms with Crippen LogP contribution in [0.2, 0.25) is 0 Å². The SMILES string of the molecule is COc1ccc(N2C=CC=C(C(=O)/C=C/N(C)C)N2)cc1. The molecule has 0 unspecified atom stereocenters. The van der Waals surface area contributed by atoms with Gasteiger partial charge < -0.3 is 9.64 Å². The zero-order chi connectivity index (χ0) is 15.2. The van der Waals surface area contributed by atoms with Crippen molar-refractivity contribution in [3.8, 4) is 5.75 Å². The number of carbonyl (C=O) groups excluding carboxylic acids is 1. The first-order chi connectivity index (χ1) is 10.1. The van der Waals surface area contributed by atoms with Crippen molar-refractivity contribution in [3.63, 3.8) is 0 Å². The standard InChI is InChI=1S/C16H19N3O2/c1-18(2)12-10-16(20)15-5-4-11-19(17-15)13-6-8-14(21-3)9-7-13/h4-12,17H,1-3H3/b12-10+. The second kappa shape index (κ2) is 6.65. The van der Waals surface area contributed by atoms with Crippen LogP contribution in [0.3, 0.4) is 0 Å². The van der Waals surface area contributed by atoms with E-state index in [4.69, 9.17) is 4.74 Å². The molecule has 0 aliphatic carbocycles. The molecule has 1 aliphatic rings. The molecule has 0 aromatic heterocycles. The van der Waals surface area contributed by atoms with Gasteiger partial charge in [0, 0.05) is 32.6 Å². The number of benzene rings is 1. The summed E-state index contributed by atoms with van der Waals surface area (Å²) in [5.74, 6) is 0.715. The predicted octanol–water partition coefficient (Wildman–Crippen LogP) is 2.06. The van der Waals surface area contributed by atoms with Gasteiger partial charge in [-0.2, -0.15) is 0 Å². The van der Waals surface area contributed by atoms with E-state index in [1.54, 1.807) is 24.4 Å². The van der Waals surface area contributed by atoms with Crippen molar-refractivity contribution in [1.29, 1.82) is 0 Å². The van der Waals surface area contributed by atoms with Crippen LogP contribution < -0.4 is 15.2 Å². The summed E-state index contributed by atoms with van der Waals surface area (Å²) in [7, 11) is 5.37. The molecule has 0 radical (unpaired) electrons. The maximum Gasteiger partial charge on any atom is 0.204 e. The minimum Gasteiger partial charge on any atom is -0.497 e. The Morgan fingerprint density at radius 2 is 2.00 bits per heavy atom. The van der Waals surface area contributed by atoms with Crippen LogP contribution in [0, 0.1) is 0 Å². The van der Waals surface area contributed by atoms with Gasteiger partial charge in [0.15, 0.2) is 0 Å². The molecule has 0 spiro atoms. The van der Waals surface area contributed by atoms with Crippen LogP contribution in [0.4, 0.5) is 5.69 Å². The molecule has 5 heteroatoms. The van der Waals surface area contributed by atoms with E-state index < -0.39 is 0 Å². The maximum absolute atomic E-state index is 12.1. The van der Waals surface area contributed by atoms with Gasteiger partial charge in [-0.25, -0.2) is 0 Å². The first kappa shape index (κ1) is 14.7. The number of carbonyl (C=O) groups is 1. The normalized spacial score (nSPS) is 13.9. The third-order valence-corrected chi connectivity index (χ3v) is 2.88. The molecule has 1 aliphatic heterocycles. The summed E-state index contributed by atoms with van der Waals surface area (Å²) in [6.45, 7) is 0. The zero-order valence-corrected chi connectivity index (χ0v) is 12.4. The largest absolute Gasteiger partial charge is 0.497 e. The third kappa shape index (κ3) is 3.89. The van der Waals surface area contributed by atoms with Gasteiger partial charge in [0.05, 0.1) is 12.8 Å². The van der Waals surface area contributed by atoms with E-state index in [9.17, 15) is 4.79 Å². The highest BCUT2D eigenvalue weighted by Crippen LogP contribution is 2.20. The quantitative estimate of drug-likeness (QED) is 0.839. The lowest BCUT2D eigenvalue weighted by Gasteiger charge is -2.25. The van der Waals surface area contributed by atoms with Gasteiger partial charge in [-0.3, -0.25) is 15.2 Å². The maximum atomic E-state index is 12.1. The molecule has 5 nitrogen and oxygen atoms in total. The highest BCUT2D eigenvalue weighted by Gasteiger charge is 2.13. The van der Waals surface area contributed by atoms with E-state index in [-0.39, 0.29) is 5.78 Å². The number of methoxy groups -OCH3 is 1. The Bertz CT molecular complexity index is 586. The fraction of sp³-hybridized carbons (Fsp3) is 0.188. The van der Waals surface area contributed by atoms with Crippen molar-refractivity contribution in [2.45, 2.75) is 0 Å². The number of nitrogens with one attached hydrogen (secondary N) is 1. The monoisotopic (exact) mass is 285 g/mol. The number of hydrogen-bond donors (Lipinski definition) is 1. The van der Waals surface area contributed by atoms with Crippen molar-refractivity contribution in [3.05, 3.63) is 60.6 Å². The fourth-order valence-corrected chi connectivity index (χ4v) is 1.77. The minimum atomic E-state index is -0.0773. The lowest BCUT2D eigenvalue weighted by atomic mass is 10.2. The van der Waals surface area contributed by atoms with Gasteiger partial charge in [0.1, 0.15) is 11.4 Å². The Labute approximate surface area is 124 Å². The Balaban J connectivity index is 2.08. The van der Waals surface area contributed by atoms with Crippen LogP contribution in [0.25, 0.3) is 0 Å². The molecule has 1 N–H and O–H groups in total. The number of ether oxygens (including phenoxy) is 1. The number of rotatable bonds is 5. The Morgan fingerprint density at radius 1 is 1.29 bits per heavy atom. The highest BCUT2D eigenvalue weighted by molar-refractivity contribution is 6.04. The summed E-state index contributed by atoms with van der Waals surface area (Å²) in [5.41, 5.74) is 4.52. The van der Waals surface area contributed by atoms with E-state index in [0.717, 1.165) is 11.4 Å². The van der Waals surface area contributed by atoms with Gasteiger partial charge in [0.2, 0.25) is 5.78 Å².